The van der Waals surface area contributed by atoms with Crippen molar-refractivity contribution in [3.8, 4) is 0 Å². The highest BCUT2D eigenvalue weighted by molar-refractivity contribution is 7.80. The fraction of sp³-hybridized carbons (Fsp3) is 0.364. The Balaban J connectivity index is 1.42. The average Bonchev–Trinajstić information content (AvgIpc) is 3.18. The van der Waals surface area contributed by atoms with Gasteiger partial charge in [-0.2, -0.15) is 17.7 Å². The van der Waals surface area contributed by atoms with Crippen LogP contribution in [0.4, 0.5) is 10.5 Å². The van der Waals surface area contributed by atoms with Crippen LogP contribution < -0.4 is 5.32 Å². The monoisotopic (exact) mass is 423 g/mol. The number of carbonyl (C=O) groups excluding carboxylic acids is 2. The molecule has 2 aliphatic rings. The van der Waals surface area contributed by atoms with Gasteiger partial charge in [-0.1, -0.05) is 19.1 Å². The van der Waals surface area contributed by atoms with Gasteiger partial charge in [0.1, 0.15) is 0 Å². The lowest BCUT2D eigenvalue weighted by molar-refractivity contribution is -0.132. The number of hydrazone groups is 1. The number of fused-ring (bicyclic) bond motifs is 1. The number of hydrogen-bond acceptors (Lipinski definition) is 5. The van der Waals surface area contributed by atoms with Crippen molar-refractivity contribution in [1.82, 2.24) is 14.9 Å². The second kappa shape index (κ2) is 8.87. The first-order valence-electron chi connectivity index (χ1n) is 10.1. The van der Waals surface area contributed by atoms with Gasteiger partial charge in [-0.15, -0.1) is 0 Å². The van der Waals surface area contributed by atoms with Crippen LogP contribution in [0.2, 0.25) is 0 Å². The summed E-state index contributed by atoms with van der Waals surface area (Å²) in [5, 5.41) is 9.11. The van der Waals surface area contributed by atoms with Crippen LogP contribution in [0.5, 0.6) is 0 Å². The quantitative estimate of drug-likeness (QED) is 0.723. The molecule has 156 valence electrons. The molecule has 7 nitrogen and oxygen atoms in total. The Kier molecular flexibility index (Phi) is 6.03. The molecule has 1 aromatic carbocycles. The number of amides is 3. The van der Waals surface area contributed by atoms with Crippen molar-refractivity contribution in [2.75, 3.05) is 17.6 Å². The summed E-state index contributed by atoms with van der Waals surface area (Å²) in [5.74, 6) is 0.831. The standard InChI is InChI=1S/C22H25N5O2S/c1-15-11-20(28)27(9-2-10-30)25-21(15)16-3-5-19(6-4-16)24-22(29)26-13-17-7-8-23-12-18(17)14-26/h3-8,12,15,30H,2,9-11,13-14H2,1H3,(H,24,29)/t15-/m0/s1. The molecule has 0 unspecified atom stereocenters. The Labute approximate surface area is 181 Å². The molecular formula is C22H25N5O2S. The van der Waals surface area contributed by atoms with Gasteiger partial charge in [0.05, 0.1) is 5.71 Å². The number of urea groups is 1. The molecular weight excluding hydrogens is 398 g/mol. The van der Waals surface area contributed by atoms with Gasteiger partial charge >= 0.3 is 6.03 Å². The zero-order valence-corrected chi connectivity index (χ0v) is 17.8. The van der Waals surface area contributed by atoms with Gasteiger partial charge in [-0.05, 0) is 47.1 Å². The van der Waals surface area contributed by atoms with Gasteiger partial charge in [-0.3, -0.25) is 9.78 Å². The molecule has 4 rings (SSSR count). The number of carbonyl (C=O) groups is 2. The molecule has 0 bridgehead atoms. The smallest absolute Gasteiger partial charge is 0.316 e. The van der Waals surface area contributed by atoms with Crippen molar-refractivity contribution >= 4 is 36.0 Å². The number of benzene rings is 1. The molecule has 2 aliphatic heterocycles. The van der Waals surface area contributed by atoms with E-state index in [0.29, 0.717) is 26.1 Å². The van der Waals surface area contributed by atoms with E-state index < -0.39 is 0 Å². The van der Waals surface area contributed by atoms with Crippen molar-refractivity contribution in [2.24, 2.45) is 11.0 Å². The zero-order chi connectivity index (χ0) is 21.1. The predicted octanol–water partition coefficient (Wildman–Crippen LogP) is 3.52. The molecule has 0 saturated heterocycles. The third kappa shape index (κ3) is 4.33. The fourth-order valence-corrected chi connectivity index (χ4v) is 3.92. The molecule has 30 heavy (non-hydrogen) atoms. The largest absolute Gasteiger partial charge is 0.322 e. The normalized spacial score (nSPS) is 18.3. The van der Waals surface area contributed by atoms with E-state index in [1.54, 1.807) is 16.1 Å². The van der Waals surface area contributed by atoms with E-state index in [-0.39, 0.29) is 17.9 Å². The van der Waals surface area contributed by atoms with E-state index in [1.165, 1.54) is 0 Å². The van der Waals surface area contributed by atoms with Crippen LogP contribution >= 0.6 is 12.6 Å². The topological polar surface area (TPSA) is 77.9 Å². The van der Waals surface area contributed by atoms with E-state index in [1.807, 2.05) is 43.5 Å². The van der Waals surface area contributed by atoms with E-state index in [2.05, 4.69) is 28.0 Å². The Morgan fingerprint density at radius 3 is 2.70 bits per heavy atom. The number of hydrogen-bond donors (Lipinski definition) is 2. The van der Waals surface area contributed by atoms with Crippen molar-refractivity contribution in [1.29, 1.82) is 0 Å². The van der Waals surface area contributed by atoms with E-state index in [9.17, 15) is 9.59 Å². The van der Waals surface area contributed by atoms with E-state index in [0.717, 1.165) is 40.3 Å². The first-order valence-corrected chi connectivity index (χ1v) is 10.8. The van der Waals surface area contributed by atoms with Crippen molar-refractivity contribution in [3.63, 3.8) is 0 Å². The molecule has 3 amide bonds. The van der Waals surface area contributed by atoms with Gasteiger partial charge in [-0.25, -0.2) is 9.80 Å². The predicted molar refractivity (Wildman–Crippen MR) is 119 cm³/mol. The van der Waals surface area contributed by atoms with Gasteiger partial charge in [0.15, 0.2) is 0 Å². The molecule has 1 aromatic heterocycles. The van der Waals surface area contributed by atoms with Crippen LogP contribution in [0.3, 0.4) is 0 Å². The molecule has 0 saturated carbocycles. The summed E-state index contributed by atoms with van der Waals surface area (Å²) in [4.78, 5) is 30.7. The lowest BCUT2D eigenvalue weighted by atomic mass is 9.93. The third-order valence-corrected chi connectivity index (χ3v) is 5.75. The van der Waals surface area contributed by atoms with Crippen molar-refractivity contribution in [3.05, 3.63) is 59.4 Å². The van der Waals surface area contributed by atoms with E-state index in [4.69, 9.17) is 0 Å². The van der Waals surface area contributed by atoms with Crippen molar-refractivity contribution in [2.45, 2.75) is 32.9 Å². The second-order valence-corrected chi connectivity index (χ2v) is 8.14. The Bertz CT molecular complexity index is 951. The summed E-state index contributed by atoms with van der Waals surface area (Å²) in [5.41, 5.74) is 4.81. The maximum absolute atomic E-state index is 12.6. The minimum absolute atomic E-state index is 0.0544. The summed E-state index contributed by atoms with van der Waals surface area (Å²) in [6.07, 6.45) is 4.82. The van der Waals surface area contributed by atoms with Crippen LogP contribution in [0, 0.1) is 5.92 Å². The van der Waals surface area contributed by atoms with E-state index >= 15 is 0 Å². The number of aromatic nitrogens is 1. The average molecular weight is 424 g/mol. The lowest BCUT2D eigenvalue weighted by Gasteiger charge is -2.27. The van der Waals surface area contributed by atoms with Crippen LogP contribution in [0.1, 0.15) is 36.5 Å². The highest BCUT2D eigenvalue weighted by Crippen LogP contribution is 2.24. The molecule has 0 radical (unpaired) electrons. The molecule has 8 heteroatoms. The first kappa shape index (κ1) is 20.4. The van der Waals surface area contributed by atoms with Crippen molar-refractivity contribution < 1.29 is 9.59 Å². The molecule has 1 N–H and O–H groups in total. The molecule has 3 heterocycles. The minimum atomic E-state index is -0.133. The van der Waals surface area contributed by atoms with Crippen LogP contribution in [0.15, 0.2) is 47.8 Å². The van der Waals surface area contributed by atoms with Crippen LogP contribution in [0.25, 0.3) is 0 Å². The Hall–Kier alpha value is -2.87. The molecule has 0 spiro atoms. The second-order valence-electron chi connectivity index (χ2n) is 7.69. The maximum atomic E-state index is 12.6. The Morgan fingerprint density at radius 1 is 1.20 bits per heavy atom. The Morgan fingerprint density at radius 2 is 1.97 bits per heavy atom. The van der Waals surface area contributed by atoms with Crippen LogP contribution in [-0.2, 0) is 17.9 Å². The van der Waals surface area contributed by atoms with Gasteiger partial charge < -0.3 is 10.2 Å². The number of anilines is 1. The number of nitrogens with zero attached hydrogens (tertiary/aromatic N) is 4. The van der Waals surface area contributed by atoms with Gasteiger partial charge in [0, 0.05) is 50.1 Å². The summed E-state index contributed by atoms with van der Waals surface area (Å²) in [6.45, 7) is 3.76. The lowest BCUT2D eigenvalue weighted by Crippen LogP contribution is -2.37. The van der Waals surface area contributed by atoms with Crippen LogP contribution in [-0.4, -0.2) is 44.8 Å². The number of nitrogens with one attached hydrogen (secondary N) is 1. The third-order valence-electron chi connectivity index (χ3n) is 5.44. The van der Waals surface area contributed by atoms with Gasteiger partial charge in [0.2, 0.25) is 5.91 Å². The minimum Gasteiger partial charge on any atom is -0.316 e. The summed E-state index contributed by atoms with van der Waals surface area (Å²) in [6, 6.07) is 9.46. The fourth-order valence-electron chi connectivity index (χ4n) is 3.78. The maximum Gasteiger partial charge on any atom is 0.322 e. The SMILES string of the molecule is C[C@H]1CC(=O)N(CCCS)N=C1c1ccc(NC(=O)N2Cc3ccncc3C2)cc1. The molecule has 1 atom stereocenters. The summed E-state index contributed by atoms with van der Waals surface area (Å²) < 4.78 is 0. The molecule has 0 fully saturated rings. The highest BCUT2D eigenvalue weighted by atomic mass is 32.1. The van der Waals surface area contributed by atoms with Gasteiger partial charge in [0.25, 0.3) is 0 Å². The summed E-state index contributed by atoms with van der Waals surface area (Å²) in [7, 11) is 0. The number of thiol groups is 1. The number of pyridine rings is 1. The highest BCUT2D eigenvalue weighted by Gasteiger charge is 2.27. The summed E-state index contributed by atoms with van der Waals surface area (Å²) >= 11 is 4.22. The zero-order valence-electron chi connectivity index (χ0n) is 16.9. The number of rotatable bonds is 5. The molecule has 0 aliphatic carbocycles. The first-order chi connectivity index (χ1) is 14.5. The molecule has 2 aromatic rings.